The van der Waals surface area contributed by atoms with Gasteiger partial charge in [-0.1, -0.05) is 36.4 Å². The first-order chi connectivity index (χ1) is 10.2. The fraction of sp³-hybridized carbons (Fsp3) is 0.333. The van der Waals surface area contributed by atoms with Crippen molar-refractivity contribution in [1.29, 1.82) is 0 Å². The first-order valence-corrected chi connectivity index (χ1v) is 7.40. The molecule has 2 rings (SSSR count). The standard InChI is InChI=1S/C18H22FNO/c1-3-21-18-10-9-16(13-17(18)19)14(2)20-12-11-15-7-5-4-6-8-15/h4-10,13-14,20H,3,11-12H2,1-2H3/t14-/m1/s1. The topological polar surface area (TPSA) is 21.3 Å². The van der Waals surface area contributed by atoms with Gasteiger partial charge >= 0.3 is 0 Å². The fourth-order valence-electron chi connectivity index (χ4n) is 2.25. The molecule has 0 spiro atoms. The molecule has 0 radical (unpaired) electrons. The molecule has 1 atom stereocenters. The molecule has 0 saturated carbocycles. The number of rotatable bonds is 7. The molecule has 0 fully saturated rings. The summed E-state index contributed by atoms with van der Waals surface area (Å²) in [6, 6.07) is 15.6. The zero-order chi connectivity index (χ0) is 15.1. The maximum Gasteiger partial charge on any atom is 0.165 e. The van der Waals surface area contributed by atoms with Gasteiger partial charge < -0.3 is 10.1 Å². The molecule has 0 aliphatic carbocycles. The van der Waals surface area contributed by atoms with Crippen molar-refractivity contribution in [2.75, 3.05) is 13.2 Å². The summed E-state index contributed by atoms with van der Waals surface area (Å²) in [7, 11) is 0. The van der Waals surface area contributed by atoms with Crippen LogP contribution in [0, 0.1) is 5.82 Å². The molecule has 0 heterocycles. The van der Waals surface area contributed by atoms with Crippen LogP contribution in [0.3, 0.4) is 0 Å². The molecular formula is C18H22FNO. The minimum atomic E-state index is -0.300. The van der Waals surface area contributed by atoms with Crippen molar-refractivity contribution < 1.29 is 9.13 Å². The Kier molecular flexibility index (Phi) is 5.76. The summed E-state index contributed by atoms with van der Waals surface area (Å²) >= 11 is 0. The third-order valence-corrected chi connectivity index (χ3v) is 3.46. The highest BCUT2D eigenvalue weighted by Gasteiger charge is 2.09. The van der Waals surface area contributed by atoms with Gasteiger partial charge in [-0.3, -0.25) is 0 Å². The first kappa shape index (κ1) is 15.5. The molecule has 0 saturated heterocycles. The van der Waals surface area contributed by atoms with Crippen LogP contribution < -0.4 is 10.1 Å². The van der Waals surface area contributed by atoms with E-state index in [1.165, 1.54) is 5.56 Å². The molecular weight excluding hydrogens is 265 g/mol. The number of ether oxygens (including phenoxy) is 1. The van der Waals surface area contributed by atoms with E-state index in [9.17, 15) is 4.39 Å². The van der Waals surface area contributed by atoms with Crippen LogP contribution in [0.2, 0.25) is 0 Å². The Morgan fingerprint density at radius 1 is 1.14 bits per heavy atom. The highest BCUT2D eigenvalue weighted by atomic mass is 19.1. The molecule has 112 valence electrons. The maximum atomic E-state index is 13.8. The van der Waals surface area contributed by atoms with E-state index in [0.29, 0.717) is 12.4 Å². The first-order valence-electron chi connectivity index (χ1n) is 7.40. The summed E-state index contributed by atoms with van der Waals surface area (Å²) in [5, 5.41) is 3.42. The summed E-state index contributed by atoms with van der Waals surface area (Å²) in [6.07, 6.45) is 0.963. The minimum absolute atomic E-state index is 0.110. The largest absolute Gasteiger partial charge is 0.491 e. The van der Waals surface area contributed by atoms with E-state index in [2.05, 4.69) is 17.4 Å². The lowest BCUT2D eigenvalue weighted by molar-refractivity contribution is 0.321. The van der Waals surface area contributed by atoms with Crippen molar-refractivity contribution in [3.63, 3.8) is 0 Å². The van der Waals surface area contributed by atoms with Crippen LogP contribution in [0.15, 0.2) is 48.5 Å². The molecule has 21 heavy (non-hydrogen) atoms. The van der Waals surface area contributed by atoms with Crippen LogP contribution in [0.5, 0.6) is 5.75 Å². The Hall–Kier alpha value is -1.87. The van der Waals surface area contributed by atoms with Crippen LogP contribution in [0.25, 0.3) is 0 Å². The molecule has 3 heteroatoms. The monoisotopic (exact) mass is 287 g/mol. The van der Waals surface area contributed by atoms with Gasteiger partial charge in [-0.25, -0.2) is 4.39 Å². The lowest BCUT2D eigenvalue weighted by Crippen LogP contribution is -2.21. The van der Waals surface area contributed by atoms with Crippen LogP contribution in [-0.2, 0) is 6.42 Å². The molecule has 2 nitrogen and oxygen atoms in total. The lowest BCUT2D eigenvalue weighted by Gasteiger charge is -2.15. The number of nitrogens with one attached hydrogen (secondary N) is 1. The van der Waals surface area contributed by atoms with Crippen LogP contribution in [0.4, 0.5) is 4.39 Å². The summed E-state index contributed by atoms with van der Waals surface area (Å²) in [5.41, 5.74) is 2.24. The number of halogens is 1. The predicted octanol–water partition coefficient (Wildman–Crippen LogP) is 4.12. The number of hydrogen-bond acceptors (Lipinski definition) is 2. The van der Waals surface area contributed by atoms with Gasteiger partial charge in [0, 0.05) is 6.04 Å². The average molecular weight is 287 g/mol. The van der Waals surface area contributed by atoms with Gasteiger partial charge in [0.2, 0.25) is 0 Å². The quantitative estimate of drug-likeness (QED) is 0.827. The minimum Gasteiger partial charge on any atom is -0.491 e. The molecule has 0 aliphatic heterocycles. The number of hydrogen-bond donors (Lipinski definition) is 1. The second kappa shape index (κ2) is 7.79. The Morgan fingerprint density at radius 3 is 2.57 bits per heavy atom. The van der Waals surface area contributed by atoms with Crippen molar-refractivity contribution >= 4 is 0 Å². The fourth-order valence-corrected chi connectivity index (χ4v) is 2.25. The Bertz CT molecular complexity index is 556. The normalized spacial score (nSPS) is 12.1. The van der Waals surface area contributed by atoms with Gasteiger partial charge in [0.05, 0.1) is 6.61 Å². The van der Waals surface area contributed by atoms with E-state index < -0.39 is 0 Å². The molecule has 0 aromatic heterocycles. The predicted molar refractivity (Wildman–Crippen MR) is 84.1 cm³/mol. The van der Waals surface area contributed by atoms with E-state index in [1.807, 2.05) is 38.1 Å². The third kappa shape index (κ3) is 4.57. The zero-order valence-electron chi connectivity index (χ0n) is 12.6. The molecule has 0 amide bonds. The van der Waals surface area contributed by atoms with E-state index in [4.69, 9.17) is 4.74 Å². The van der Waals surface area contributed by atoms with E-state index in [1.54, 1.807) is 12.1 Å². The van der Waals surface area contributed by atoms with Crippen LogP contribution >= 0.6 is 0 Å². The van der Waals surface area contributed by atoms with Crippen molar-refractivity contribution in [3.8, 4) is 5.75 Å². The summed E-state index contributed by atoms with van der Waals surface area (Å²) in [6.45, 7) is 5.22. The van der Waals surface area contributed by atoms with Crippen LogP contribution in [0.1, 0.15) is 31.0 Å². The Morgan fingerprint density at radius 2 is 1.90 bits per heavy atom. The van der Waals surface area contributed by atoms with Crippen molar-refractivity contribution in [3.05, 3.63) is 65.5 Å². The van der Waals surface area contributed by atoms with Crippen molar-refractivity contribution in [2.45, 2.75) is 26.3 Å². The summed E-state index contributed by atoms with van der Waals surface area (Å²) in [4.78, 5) is 0. The summed E-state index contributed by atoms with van der Waals surface area (Å²) < 4.78 is 19.0. The smallest absolute Gasteiger partial charge is 0.165 e. The maximum absolute atomic E-state index is 13.8. The molecule has 2 aromatic rings. The second-order valence-corrected chi connectivity index (χ2v) is 5.03. The average Bonchev–Trinajstić information content (AvgIpc) is 2.50. The zero-order valence-corrected chi connectivity index (χ0v) is 12.6. The third-order valence-electron chi connectivity index (χ3n) is 3.46. The van der Waals surface area contributed by atoms with Gasteiger partial charge in [-0.05, 0) is 50.1 Å². The summed E-state index contributed by atoms with van der Waals surface area (Å²) in [5.74, 6) is 0.0174. The lowest BCUT2D eigenvalue weighted by atomic mass is 10.1. The number of benzene rings is 2. The van der Waals surface area contributed by atoms with Gasteiger partial charge in [0.15, 0.2) is 11.6 Å². The van der Waals surface area contributed by atoms with Gasteiger partial charge in [-0.15, -0.1) is 0 Å². The SMILES string of the molecule is CCOc1ccc([C@@H](C)NCCc2ccccc2)cc1F. The highest BCUT2D eigenvalue weighted by Crippen LogP contribution is 2.22. The van der Waals surface area contributed by atoms with E-state index in [0.717, 1.165) is 18.5 Å². The molecule has 1 N–H and O–H groups in total. The highest BCUT2D eigenvalue weighted by molar-refractivity contribution is 5.31. The molecule has 2 aromatic carbocycles. The van der Waals surface area contributed by atoms with Crippen molar-refractivity contribution in [2.24, 2.45) is 0 Å². The van der Waals surface area contributed by atoms with Gasteiger partial charge in [0.1, 0.15) is 0 Å². The Labute approximate surface area is 126 Å². The van der Waals surface area contributed by atoms with Crippen molar-refractivity contribution in [1.82, 2.24) is 5.32 Å². The molecule has 0 unspecified atom stereocenters. The van der Waals surface area contributed by atoms with E-state index >= 15 is 0 Å². The molecule has 0 bridgehead atoms. The van der Waals surface area contributed by atoms with E-state index in [-0.39, 0.29) is 11.9 Å². The molecule has 0 aliphatic rings. The van der Waals surface area contributed by atoms with Gasteiger partial charge in [0.25, 0.3) is 0 Å². The van der Waals surface area contributed by atoms with Crippen LogP contribution in [-0.4, -0.2) is 13.2 Å². The van der Waals surface area contributed by atoms with Gasteiger partial charge in [-0.2, -0.15) is 0 Å². The second-order valence-electron chi connectivity index (χ2n) is 5.03. The Balaban J connectivity index is 1.88.